The lowest BCUT2D eigenvalue weighted by Gasteiger charge is -2.16. The molecule has 100 valence electrons. The number of halogens is 1. The number of pyridine rings is 1. The third-order valence-corrected chi connectivity index (χ3v) is 4.39. The molecule has 0 N–H and O–H groups in total. The van der Waals surface area contributed by atoms with Crippen LogP contribution in [0.15, 0.2) is 40.3 Å². The molecular weight excluding hydrogens is 271 g/mol. The van der Waals surface area contributed by atoms with E-state index in [0.717, 1.165) is 36.3 Å². The summed E-state index contributed by atoms with van der Waals surface area (Å²) in [6.07, 6.45) is 4.28. The van der Waals surface area contributed by atoms with Gasteiger partial charge >= 0.3 is 0 Å². The third kappa shape index (κ3) is 2.68. The zero-order chi connectivity index (χ0) is 13.9. The number of hydrogen-bond acceptors (Lipinski definition) is 3. The number of fused-ring (bicyclic) bond motifs is 1. The number of rotatable bonds is 2. The monoisotopic (exact) mass is 284 g/mol. The van der Waals surface area contributed by atoms with E-state index in [0.29, 0.717) is 10.6 Å². The van der Waals surface area contributed by atoms with Gasteiger partial charge in [-0.25, -0.2) is 9.37 Å². The van der Waals surface area contributed by atoms with E-state index in [1.165, 1.54) is 29.5 Å². The molecule has 0 unspecified atom stereocenters. The Morgan fingerprint density at radius 2 is 2.05 bits per heavy atom. The number of benzene rings is 1. The highest BCUT2D eigenvalue weighted by Gasteiger charge is 2.15. The highest BCUT2D eigenvalue weighted by atomic mass is 32.2. The lowest BCUT2D eigenvalue weighted by atomic mass is 9.95. The summed E-state index contributed by atoms with van der Waals surface area (Å²) in [5, 5.41) is 9.95. The van der Waals surface area contributed by atoms with Crippen molar-refractivity contribution in [3.05, 3.63) is 53.0 Å². The van der Waals surface area contributed by atoms with Gasteiger partial charge in [0.25, 0.3) is 0 Å². The maximum absolute atomic E-state index is 13.2. The van der Waals surface area contributed by atoms with E-state index in [-0.39, 0.29) is 5.82 Å². The van der Waals surface area contributed by atoms with Crippen molar-refractivity contribution in [2.75, 3.05) is 0 Å². The first-order valence-corrected chi connectivity index (χ1v) is 7.44. The molecule has 20 heavy (non-hydrogen) atoms. The van der Waals surface area contributed by atoms with Crippen LogP contribution in [-0.4, -0.2) is 4.98 Å². The van der Waals surface area contributed by atoms with E-state index < -0.39 is 0 Å². The number of hydrogen-bond donors (Lipinski definition) is 0. The molecule has 0 saturated carbocycles. The Kier molecular flexibility index (Phi) is 3.70. The van der Waals surface area contributed by atoms with Gasteiger partial charge in [0.05, 0.1) is 5.56 Å². The molecule has 0 radical (unpaired) electrons. The molecule has 0 fully saturated rings. The Morgan fingerprint density at radius 3 is 2.85 bits per heavy atom. The second kappa shape index (κ2) is 5.64. The van der Waals surface area contributed by atoms with Gasteiger partial charge in [0.15, 0.2) is 0 Å². The number of nitrogens with zero attached hydrogens (tertiary/aromatic N) is 2. The SMILES string of the molecule is N#Cc1cc2c(nc1Sc1cccc(F)c1)CCCC2. The predicted octanol–water partition coefficient (Wildman–Crippen LogP) is 4.12. The Labute approximate surface area is 121 Å². The van der Waals surface area contributed by atoms with E-state index in [4.69, 9.17) is 0 Å². The molecule has 0 atom stereocenters. The summed E-state index contributed by atoms with van der Waals surface area (Å²) in [4.78, 5) is 5.40. The van der Waals surface area contributed by atoms with E-state index in [9.17, 15) is 9.65 Å². The van der Waals surface area contributed by atoms with Crippen LogP contribution in [0.1, 0.15) is 29.7 Å². The highest BCUT2D eigenvalue weighted by Crippen LogP contribution is 2.32. The zero-order valence-electron chi connectivity index (χ0n) is 10.9. The Morgan fingerprint density at radius 1 is 1.20 bits per heavy atom. The van der Waals surface area contributed by atoms with Crippen LogP contribution < -0.4 is 0 Å². The van der Waals surface area contributed by atoms with Crippen molar-refractivity contribution in [1.29, 1.82) is 5.26 Å². The molecule has 1 aromatic carbocycles. The van der Waals surface area contributed by atoms with E-state index in [1.54, 1.807) is 6.07 Å². The van der Waals surface area contributed by atoms with Crippen molar-refractivity contribution in [2.45, 2.75) is 35.6 Å². The fraction of sp³-hybridized carbons (Fsp3) is 0.250. The fourth-order valence-electron chi connectivity index (χ4n) is 2.41. The van der Waals surface area contributed by atoms with Crippen LogP contribution in [0.25, 0.3) is 0 Å². The third-order valence-electron chi connectivity index (χ3n) is 3.40. The minimum absolute atomic E-state index is 0.272. The molecule has 1 aliphatic rings. The summed E-state index contributed by atoms with van der Waals surface area (Å²) in [5.41, 5.74) is 2.87. The minimum Gasteiger partial charge on any atom is -0.244 e. The van der Waals surface area contributed by atoms with Gasteiger partial charge in [0.2, 0.25) is 0 Å². The standard InChI is InChI=1S/C16H13FN2S/c17-13-5-3-6-14(9-13)20-16-12(10-18)8-11-4-1-2-7-15(11)19-16/h3,5-6,8-9H,1-2,4,7H2. The predicted molar refractivity (Wildman–Crippen MR) is 76.1 cm³/mol. The van der Waals surface area contributed by atoms with E-state index >= 15 is 0 Å². The number of aromatic nitrogens is 1. The van der Waals surface area contributed by atoms with Crippen LogP contribution >= 0.6 is 11.8 Å². The second-order valence-electron chi connectivity index (χ2n) is 4.83. The maximum Gasteiger partial charge on any atom is 0.124 e. The molecule has 2 nitrogen and oxygen atoms in total. The smallest absolute Gasteiger partial charge is 0.124 e. The zero-order valence-corrected chi connectivity index (χ0v) is 11.7. The Balaban J connectivity index is 1.98. The van der Waals surface area contributed by atoms with Crippen molar-refractivity contribution >= 4 is 11.8 Å². The first-order valence-electron chi connectivity index (χ1n) is 6.62. The van der Waals surface area contributed by atoms with Crippen LogP contribution in [0, 0.1) is 17.1 Å². The van der Waals surface area contributed by atoms with Gasteiger partial charge in [0, 0.05) is 10.6 Å². The largest absolute Gasteiger partial charge is 0.244 e. The van der Waals surface area contributed by atoms with Gasteiger partial charge in [-0.1, -0.05) is 17.8 Å². The number of aryl methyl sites for hydroxylation is 2. The molecule has 0 saturated heterocycles. The molecule has 1 aromatic heterocycles. The molecule has 2 aromatic rings. The lowest BCUT2D eigenvalue weighted by Crippen LogP contribution is -2.07. The quantitative estimate of drug-likeness (QED) is 0.832. The summed E-state index contributed by atoms with van der Waals surface area (Å²) >= 11 is 1.35. The van der Waals surface area contributed by atoms with Crippen molar-refractivity contribution in [3.63, 3.8) is 0 Å². The molecule has 0 bridgehead atoms. The molecule has 1 aliphatic carbocycles. The fourth-order valence-corrected chi connectivity index (χ4v) is 3.33. The van der Waals surface area contributed by atoms with Crippen LogP contribution in [0.2, 0.25) is 0 Å². The molecule has 0 aliphatic heterocycles. The van der Waals surface area contributed by atoms with E-state index in [1.807, 2.05) is 12.1 Å². The topological polar surface area (TPSA) is 36.7 Å². The van der Waals surface area contributed by atoms with Gasteiger partial charge in [-0.2, -0.15) is 5.26 Å². The Bertz CT molecular complexity index is 691. The maximum atomic E-state index is 13.2. The van der Waals surface area contributed by atoms with Crippen LogP contribution in [0.4, 0.5) is 4.39 Å². The van der Waals surface area contributed by atoms with Crippen molar-refractivity contribution in [1.82, 2.24) is 4.98 Å². The first-order chi connectivity index (χ1) is 9.76. The molecule has 4 heteroatoms. The summed E-state index contributed by atoms with van der Waals surface area (Å²) in [6.45, 7) is 0. The minimum atomic E-state index is -0.272. The molecular formula is C16H13FN2S. The van der Waals surface area contributed by atoms with Crippen molar-refractivity contribution in [2.24, 2.45) is 0 Å². The molecule has 3 rings (SSSR count). The summed E-state index contributed by atoms with van der Waals surface area (Å²) in [6, 6.07) is 10.5. The van der Waals surface area contributed by atoms with Gasteiger partial charge in [-0.3, -0.25) is 0 Å². The average Bonchev–Trinajstić information content (AvgIpc) is 2.46. The van der Waals surface area contributed by atoms with Crippen LogP contribution in [0.3, 0.4) is 0 Å². The molecule has 1 heterocycles. The molecule has 0 spiro atoms. The summed E-state index contributed by atoms with van der Waals surface area (Å²) < 4.78 is 13.2. The highest BCUT2D eigenvalue weighted by molar-refractivity contribution is 7.99. The van der Waals surface area contributed by atoms with Crippen molar-refractivity contribution < 1.29 is 4.39 Å². The van der Waals surface area contributed by atoms with Crippen LogP contribution in [0.5, 0.6) is 0 Å². The first kappa shape index (κ1) is 13.1. The second-order valence-corrected chi connectivity index (χ2v) is 5.89. The van der Waals surface area contributed by atoms with Gasteiger partial charge in [-0.05, 0) is 55.5 Å². The summed E-state index contributed by atoms with van der Waals surface area (Å²) in [5.74, 6) is -0.272. The van der Waals surface area contributed by atoms with Crippen LogP contribution in [-0.2, 0) is 12.8 Å². The normalized spacial score (nSPS) is 13.6. The molecule has 0 amide bonds. The van der Waals surface area contributed by atoms with Crippen molar-refractivity contribution in [3.8, 4) is 6.07 Å². The number of nitriles is 1. The lowest BCUT2D eigenvalue weighted by molar-refractivity contribution is 0.624. The Hall–Kier alpha value is -1.86. The van der Waals surface area contributed by atoms with Gasteiger partial charge < -0.3 is 0 Å². The average molecular weight is 284 g/mol. The van der Waals surface area contributed by atoms with Gasteiger partial charge in [-0.15, -0.1) is 0 Å². The van der Waals surface area contributed by atoms with Gasteiger partial charge in [0.1, 0.15) is 16.9 Å². The summed E-state index contributed by atoms with van der Waals surface area (Å²) in [7, 11) is 0. The van der Waals surface area contributed by atoms with E-state index in [2.05, 4.69) is 11.1 Å².